The molecule has 8 nitrogen and oxygen atoms in total. The molecule has 1 amide bonds. The fourth-order valence-corrected chi connectivity index (χ4v) is 3.46. The molecule has 2 rings (SSSR count). The summed E-state index contributed by atoms with van der Waals surface area (Å²) in [5.41, 5.74) is 0.408. The van der Waals surface area contributed by atoms with Crippen LogP contribution in [0.5, 0.6) is 0 Å². The van der Waals surface area contributed by atoms with Gasteiger partial charge in [-0.05, 0) is 18.6 Å². The number of unbranched alkanes of at least 4 members (excludes halogenated alkanes) is 1. The van der Waals surface area contributed by atoms with Gasteiger partial charge >= 0.3 is 5.97 Å². The summed E-state index contributed by atoms with van der Waals surface area (Å²) < 4.78 is 31.0. The molecule has 1 aromatic rings. The van der Waals surface area contributed by atoms with Crippen molar-refractivity contribution in [2.24, 2.45) is 4.99 Å². The molecule has 1 aromatic carbocycles. The van der Waals surface area contributed by atoms with Crippen molar-refractivity contribution in [3.05, 3.63) is 29.8 Å². The van der Waals surface area contributed by atoms with Crippen LogP contribution in [0.15, 0.2) is 34.2 Å². The molecule has 0 aliphatic carbocycles. The number of hydrogen-bond acceptors (Lipinski definition) is 6. The van der Waals surface area contributed by atoms with Crippen molar-refractivity contribution in [3.63, 3.8) is 0 Å². The Bertz CT molecular complexity index is 789. The van der Waals surface area contributed by atoms with E-state index in [4.69, 9.17) is 4.74 Å². The monoisotopic (exact) mass is 367 g/mol. The van der Waals surface area contributed by atoms with Gasteiger partial charge in [-0.25, -0.2) is 8.42 Å². The van der Waals surface area contributed by atoms with Crippen LogP contribution >= 0.6 is 0 Å². The van der Waals surface area contributed by atoms with Gasteiger partial charge in [0.2, 0.25) is 0 Å². The van der Waals surface area contributed by atoms with Gasteiger partial charge < -0.3 is 9.64 Å². The maximum absolute atomic E-state index is 11.9. The predicted molar refractivity (Wildman–Crippen MR) is 91.7 cm³/mol. The molecule has 136 valence electrons. The minimum atomic E-state index is -3.64. The van der Waals surface area contributed by atoms with E-state index in [9.17, 15) is 18.0 Å². The summed E-state index contributed by atoms with van der Waals surface area (Å²) >= 11 is 0. The molecule has 0 saturated carbocycles. The molecule has 0 saturated heterocycles. The number of benzene rings is 1. The Hall–Kier alpha value is -2.42. The van der Waals surface area contributed by atoms with Crippen molar-refractivity contribution in [3.8, 4) is 0 Å². The number of aliphatic imine (C=N–C) groups is 1. The number of carbonyl (C=O) groups is 2. The average Bonchev–Trinajstić information content (AvgIpc) is 2.86. The van der Waals surface area contributed by atoms with Crippen molar-refractivity contribution in [2.75, 3.05) is 26.7 Å². The first kappa shape index (κ1) is 18.9. The van der Waals surface area contributed by atoms with Crippen LogP contribution in [0.25, 0.3) is 0 Å². The summed E-state index contributed by atoms with van der Waals surface area (Å²) in [6.07, 6.45) is 1.84. The Balaban J connectivity index is 1.90. The highest BCUT2D eigenvalue weighted by molar-refractivity contribution is 7.90. The fraction of sp³-hybridized carbons (Fsp3) is 0.438. The number of likely N-dealkylation sites (N-methyl/N-ethyl adjacent to an activating group) is 1. The van der Waals surface area contributed by atoms with E-state index < -0.39 is 16.0 Å². The number of sulfonamides is 1. The molecule has 1 heterocycles. The summed E-state index contributed by atoms with van der Waals surface area (Å²) in [6, 6.07) is 6.35. The number of esters is 1. The highest BCUT2D eigenvalue weighted by atomic mass is 32.2. The molecule has 0 atom stereocenters. The largest absolute Gasteiger partial charge is 0.454 e. The molecule has 0 spiro atoms. The maximum atomic E-state index is 11.9. The predicted octanol–water partition coefficient (Wildman–Crippen LogP) is 0.527. The number of hydrogen-bond donors (Lipinski definition) is 1. The number of nitrogens with zero attached hydrogens (tertiary/aromatic N) is 2. The van der Waals surface area contributed by atoms with Crippen LogP contribution in [-0.4, -0.2) is 57.8 Å². The molecule has 0 unspecified atom stereocenters. The number of amides is 1. The standard InChI is InChI=1S/C16H21N3O5S/c1-3-4-9-19(2)14(20)11-24-15(21)10-17-16-12-7-5-6-8-13(12)25(22,23)18-16/h5-8H,3-4,9-11H2,1-2H3,(H,17,18). The van der Waals surface area contributed by atoms with E-state index >= 15 is 0 Å². The van der Waals surface area contributed by atoms with E-state index in [2.05, 4.69) is 9.71 Å². The Morgan fingerprint density at radius 1 is 1.28 bits per heavy atom. The molecule has 0 bridgehead atoms. The molecule has 1 aliphatic rings. The third-order valence-corrected chi connectivity index (χ3v) is 5.06. The number of nitrogens with one attached hydrogen (secondary N) is 1. The van der Waals surface area contributed by atoms with E-state index in [-0.39, 0.29) is 29.8 Å². The first-order valence-electron chi connectivity index (χ1n) is 7.91. The first-order valence-corrected chi connectivity index (χ1v) is 9.39. The molecular weight excluding hydrogens is 346 g/mol. The van der Waals surface area contributed by atoms with Crippen LogP contribution in [-0.2, 0) is 24.3 Å². The van der Waals surface area contributed by atoms with Crippen LogP contribution in [0.3, 0.4) is 0 Å². The minimum Gasteiger partial charge on any atom is -0.454 e. The second-order valence-electron chi connectivity index (χ2n) is 5.60. The van der Waals surface area contributed by atoms with Crippen LogP contribution < -0.4 is 4.72 Å². The molecule has 0 aromatic heterocycles. The Kier molecular flexibility index (Phi) is 6.13. The van der Waals surface area contributed by atoms with Crippen molar-refractivity contribution >= 4 is 27.7 Å². The zero-order valence-corrected chi connectivity index (χ0v) is 15.0. The lowest BCUT2D eigenvalue weighted by Crippen LogP contribution is -2.32. The van der Waals surface area contributed by atoms with Crippen molar-refractivity contribution in [1.82, 2.24) is 9.62 Å². The number of fused-ring (bicyclic) bond motifs is 1. The lowest BCUT2D eigenvalue weighted by atomic mass is 10.2. The Morgan fingerprint density at radius 2 is 2.00 bits per heavy atom. The number of rotatable bonds is 7. The van der Waals surface area contributed by atoms with E-state index in [1.54, 1.807) is 25.2 Å². The van der Waals surface area contributed by atoms with Crippen molar-refractivity contribution in [2.45, 2.75) is 24.7 Å². The molecule has 1 N–H and O–H groups in total. The van der Waals surface area contributed by atoms with E-state index in [0.717, 1.165) is 12.8 Å². The van der Waals surface area contributed by atoms with Crippen molar-refractivity contribution in [1.29, 1.82) is 0 Å². The molecule has 25 heavy (non-hydrogen) atoms. The zero-order chi connectivity index (χ0) is 18.4. The SMILES string of the molecule is CCCCN(C)C(=O)COC(=O)CN=C1NS(=O)(=O)c2ccccc21. The summed E-state index contributed by atoms with van der Waals surface area (Å²) in [5, 5.41) is 0. The molecule has 1 aliphatic heterocycles. The smallest absolute Gasteiger partial charge is 0.328 e. The number of amidine groups is 1. The summed E-state index contributed by atoms with van der Waals surface area (Å²) in [4.78, 5) is 29.1. The van der Waals surface area contributed by atoms with Crippen LogP contribution in [0, 0.1) is 0 Å². The molecule has 0 radical (unpaired) electrons. The van der Waals surface area contributed by atoms with E-state index in [1.807, 2.05) is 6.92 Å². The second kappa shape index (κ2) is 8.11. The van der Waals surface area contributed by atoms with Crippen molar-refractivity contribution < 1.29 is 22.7 Å². The third-order valence-electron chi connectivity index (χ3n) is 3.66. The van der Waals surface area contributed by atoms with Gasteiger partial charge in [0, 0.05) is 19.2 Å². The fourth-order valence-electron chi connectivity index (χ4n) is 2.21. The minimum absolute atomic E-state index is 0.0962. The number of ether oxygens (including phenoxy) is 1. The highest BCUT2D eigenvalue weighted by Crippen LogP contribution is 2.21. The molecule has 9 heteroatoms. The molecular formula is C16H21N3O5S. The topological polar surface area (TPSA) is 105 Å². The molecule has 0 fully saturated rings. The first-order chi connectivity index (χ1) is 11.8. The highest BCUT2D eigenvalue weighted by Gasteiger charge is 2.30. The van der Waals surface area contributed by atoms with Gasteiger partial charge in [-0.2, -0.15) is 0 Å². The van der Waals surface area contributed by atoms with Gasteiger partial charge in [-0.15, -0.1) is 0 Å². The average molecular weight is 367 g/mol. The summed E-state index contributed by atoms with van der Waals surface area (Å²) in [6.45, 7) is 1.89. The second-order valence-corrected chi connectivity index (χ2v) is 7.25. The van der Waals surface area contributed by atoms with Gasteiger partial charge in [-0.1, -0.05) is 25.5 Å². The maximum Gasteiger partial charge on any atom is 0.328 e. The quantitative estimate of drug-likeness (QED) is 0.708. The lowest BCUT2D eigenvalue weighted by molar-refractivity contribution is -0.150. The van der Waals surface area contributed by atoms with Crippen LogP contribution in [0.2, 0.25) is 0 Å². The van der Waals surface area contributed by atoms with Gasteiger partial charge in [0.25, 0.3) is 15.9 Å². The summed E-state index contributed by atoms with van der Waals surface area (Å²) in [5.74, 6) is -0.895. The van der Waals surface area contributed by atoms with E-state index in [0.29, 0.717) is 12.1 Å². The van der Waals surface area contributed by atoms with Gasteiger partial charge in [0.05, 0.1) is 4.90 Å². The van der Waals surface area contributed by atoms with Gasteiger partial charge in [-0.3, -0.25) is 19.3 Å². The third kappa shape index (κ3) is 4.79. The Labute approximate surface area is 146 Å². The van der Waals surface area contributed by atoms with E-state index in [1.165, 1.54) is 11.0 Å². The van der Waals surface area contributed by atoms with Crippen LogP contribution in [0.1, 0.15) is 25.3 Å². The summed E-state index contributed by atoms with van der Waals surface area (Å²) in [7, 11) is -1.99. The number of carbonyl (C=O) groups excluding carboxylic acids is 2. The zero-order valence-electron chi connectivity index (χ0n) is 14.2. The van der Waals surface area contributed by atoms with Gasteiger partial charge in [0.1, 0.15) is 12.4 Å². The Morgan fingerprint density at radius 3 is 2.72 bits per heavy atom. The van der Waals surface area contributed by atoms with Gasteiger partial charge in [0.15, 0.2) is 6.61 Å². The van der Waals surface area contributed by atoms with Crippen LogP contribution in [0.4, 0.5) is 0 Å². The normalized spacial score (nSPS) is 16.2. The lowest BCUT2D eigenvalue weighted by Gasteiger charge is -2.16.